The van der Waals surface area contributed by atoms with Crippen molar-refractivity contribution in [1.82, 2.24) is 9.97 Å². The van der Waals surface area contributed by atoms with E-state index in [1.807, 2.05) is 0 Å². The quantitative estimate of drug-likeness (QED) is 0.612. The molecule has 0 aromatic carbocycles. The third-order valence-corrected chi connectivity index (χ3v) is 2.80. The van der Waals surface area contributed by atoms with Crippen LogP contribution in [0.4, 0.5) is 4.39 Å². The zero-order valence-electron chi connectivity index (χ0n) is 7.79. The van der Waals surface area contributed by atoms with E-state index in [4.69, 9.17) is 27.9 Å². The number of hydrogen-bond acceptors (Lipinski definition) is 3. The van der Waals surface area contributed by atoms with Crippen LogP contribution in [0.2, 0.25) is 10.4 Å². The van der Waals surface area contributed by atoms with Crippen LogP contribution in [-0.2, 0) is 11.3 Å². The number of aromatic nitrogens is 2. The zero-order chi connectivity index (χ0) is 10.8. The fourth-order valence-corrected chi connectivity index (χ4v) is 1.67. The third-order valence-electron chi connectivity index (χ3n) is 2.29. The minimum Gasteiger partial charge on any atom is -0.373 e. The first-order valence-electron chi connectivity index (χ1n) is 4.57. The SMILES string of the molecule is FC1CC(OCc2cnc(Cl)nc2Cl)C1. The molecular formula is C9H9Cl2FN2O. The molecule has 0 unspecified atom stereocenters. The average molecular weight is 251 g/mol. The summed E-state index contributed by atoms with van der Waals surface area (Å²) < 4.78 is 17.9. The van der Waals surface area contributed by atoms with Crippen LogP contribution in [0, 0.1) is 0 Å². The molecule has 15 heavy (non-hydrogen) atoms. The molecule has 3 nitrogen and oxygen atoms in total. The van der Waals surface area contributed by atoms with Gasteiger partial charge in [0.05, 0.1) is 12.7 Å². The van der Waals surface area contributed by atoms with Gasteiger partial charge in [-0.2, -0.15) is 0 Å². The van der Waals surface area contributed by atoms with Crippen molar-refractivity contribution in [2.75, 3.05) is 0 Å². The molecule has 2 rings (SSSR count). The summed E-state index contributed by atoms with van der Waals surface area (Å²) in [5.41, 5.74) is 0.670. The lowest BCUT2D eigenvalue weighted by atomic mass is 9.94. The van der Waals surface area contributed by atoms with Crippen molar-refractivity contribution in [3.8, 4) is 0 Å². The maximum absolute atomic E-state index is 12.5. The summed E-state index contributed by atoms with van der Waals surface area (Å²) >= 11 is 11.4. The highest BCUT2D eigenvalue weighted by Gasteiger charge is 2.29. The summed E-state index contributed by atoms with van der Waals surface area (Å²) in [6.45, 7) is 0.299. The van der Waals surface area contributed by atoms with Gasteiger partial charge in [0, 0.05) is 24.6 Å². The second-order valence-corrected chi connectivity index (χ2v) is 4.15. The molecule has 0 saturated heterocycles. The highest BCUT2D eigenvalue weighted by molar-refractivity contribution is 6.32. The predicted molar refractivity (Wildman–Crippen MR) is 54.8 cm³/mol. The van der Waals surface area contributed by atoms with Gasteiger partial charge in [-0.15, -0.1) is 0 Å². The smallest absolute Gasteiger partial charge is 0.223 e. The van der Waals surface area contributed by atoms with Gasteiger partial charge in [-0.05, 0) is 11.6 Å². The van der Waals surface area contributed by atoms with Gasteiger partial charge in [-0.3, -0.25) is 0 Å². The van der Waals surface area contributed by atoms with E-state index >= 15 is 0 Å². The lowest BCUT2D eigenvalue weighted by Crippen LogP contribution is -2.32. The van der Waals surface area contributed by atoms with Crippen molar-refractivity contribution in [3.05, 3.63) is 22.2 Å². The largest absolute Gasteiger partial charge is 0.373 e. The van der Waals surface area contributed by atoms with E-state index < -0.39 is 6.17 Å². The normalized spacial score (nSPS) is 25.0. The Labute approximate surface area is 96.6 Å². The van der Waals surface area contributed by atoms with E-state index in [-0.39, 0.29) is 16.5 Å². The van der Waals surface area contributed by atoms with Gasteiger partial charge in [-0.1, -0.05) is 11.6 Å². The molecule has 1 aromatic rings. The Morgan fingerprint density at radius 2 is 2.20 bits per heavy atom. The Morgan fingerprint density at radius 1 is 1.47 bits per heavy atom. The Balaban J connectivity index is 1.88. The molecule has 0 atom stereocenters. The topological polar surface area (TPSA) is 35.0 Å². The summed E-state index contributed by atoms with van der Waals surface area (Å²) in [6.07, 6.45) is 1.72. The van der Waals surface area contributed by atoms with Gasteiger partial charge in [0.25, 0.3) is 0 Å². The number of hydrogen-bond donors (Lipinski definition) is 0. The molecule has 1 aliphatic carbocycles. The third kappa shape index (κ3) is 2.77. The first kappa shape index (κ1) is 11.0. The van der Waals surface area contributed by atoms with Gasteiger partial charge < -0.3 is 4.74 Å². The Hall–Kier alpha value is -0.450. The molecule has 1 aromatic heterocycles. The summed E-state index contributed by atoms with van der Waals surface area (Å²) in [7, 11) is 0. The maximum atomic E-state index is 12.5. The number of ether oxygens (including phenoxy) is 1. The number of alkyl halides is 1. The minimum atomic E-state index is -0.716. The molecule has 0 radical (unpaired) electrons. The summed E-state index contributed by atoms with van der Waals surface area (Å²) in [6, 6.07) is 0. The first-order chi connectivity index (χ1) is 7.15. The van der Waals surface area contributed by atoms with Crippen LogP contribution in [0.1, 0.15) is 18.4 Å². The van der Waals surface area contributed by atoms with E-state index in [9.17, 15) is 4.39 Å². The predicted octanol–water partition coefficient (Wildman–Crippen LogP) is 2.80. The molecule has 0 amide bonds. The molecule has 82 valence electrons. The van der Waals surface area contributed by atoms with Gasteiger partial charge in [-0.25, -0.2) is 14.4 Å². The molecule has 0 bridgehead atoms. The molecule has 0 aliphatic heterocycles. The molecule has 6 heteroatoms. The second kappa shape index (κ2) is 4.60. The standard InChI is InChI=1S/C9H9Cl2FN2O/c10-8-5(3-13-9(11)14-8)4-15-7-1-6(12)2-7/h3,6-7H,1-2,4H2. The number of rotatable bonds is 3. The van der Waals surface area contributed by atoms with Gasteiger partial charge in [0.2, 0.25) is 5.28 Å². The first-order valence-corrected chi connectivity index (χ1v) is 5.33. The van der Waals surface area contributed by atoms with Crippen LogP contribution < -0.4 is 0 Å². The van der Waals surface area contributed by atoms with Gasteiger partial charge >= 0.3 is 0 Å². The van der Waals surface area contributed by atoms with Crippen LogP contribution in [0.25, 0.3) is 0 Å². The minimum absolute atomic E-state index is 0.00764. The summed E-state index contributed by atoms with van der Waals surface area (Å²) in [5, 5.41) is 0.391. The van der Waals surface area contributed by atoms with Crippen molar-refractivity contribution < 1.29 is 9.13 Å². The molecule has 0 N–H and O–H groups in total. The van der Waals surface area contributed by atoms with Crippen LogP contribution in [0.15, 0.2) is 6.20 Å². The molecule has 1 saturated carbocycles. The van der Waals surface area contributed by atoms with Crippen molar-refractivity contribution in [3.63, 3.8) is 0 Å². The molecule has 1 aliphatic rings. The lowest BCUT2D eigenvalue weighted by molar-refractivity contribution is -0.0498. The fourth-order valence-electron chi connectivity index (χ4n) is 1.31. The highest BCUT2D eigenvalue weighted by Crippen LogP contribution is 2.27. The second-order valence-electron chi connectivity index (χ2n) is 3.46. The van der Waals surface area contributed by atoms with Crippen molar-refractivity contribution in [2.24, 2.45) is 0 Å². The summed E-state index contributed by atoms with van der Waals surface area (Å²) in [5.74, 6) is 0. The van der Waals surface area contributed by atoms with E-state index in [0.29, 0.717) is 25.0 Å². The average Bonchev–Trinajstić information content (AvgIpc) is 2.13. The van der Waals surface area contributed by atoms with Crippen molar-refractivity contribution in [1.29, 1.82) is 0 Å². The van der Waals surface area contributed by atoms with E-state index in [2.05, 4.69) is 9.97 Å². The maximum Gasteiger partial charge on any atom is 0.223 e. The number of nitrogens with zero attached hydrogens (tertiary/aromatic N) is 2. The zero-order valence-corrected chi connectivity index (χ0v) is 9.30. The monoisotopic (exact) mass is 250 g/mol. The Morgan fingerprint density at radius 3 is 2.80 bits per heavy atom. The van der Waals surface area contributed by atoms with Crippen LogP contribution in [0.3, 0.4) is 0 Å². The summed E-state index contributed by atoms with van der Waals surface area (Å²) in [4.78, 5) is 7.57. The van der Waals surface area contributed by atoms with E-state index in [1.165, 1.54) is 6.20 Å². The van der Waals surface area contributed by atoms with E-state index in [1.54, 1.807) is 0 Å². The van der Waals surface area contributed by atoms with Crippen LogP contribution in [-0.4, -0.2) is 22.2 Å². The Kier molecular flexibility index (Phi) is 3.38. The molecule has 1 fully saturated rings. The molecule has 0 spiro atoms. The highest BCUT2D eigenvalue weighted by atomic mass is 35.5. The van der Waals surface area contributed by atoms with Crippen molar-refractivity contribution >= 4 is 23.2 Å². The van der Waals surface area contributed by atoms with Crippen LogP contribution in [0.5, 0.6) is 0 Å². The lowest BCUT2D eigenvalue weighted by Gasteiger charge is -2.29. The van der Waals surface area contributed by atoms with Crippen molar-refractivity contribution in [2.45, 2.75) is 31.7 Å². The van der Waals surface area contributed by atoms with Gasteiger partial charge in [0.15, 0.2) is 0 Å². The Bertz CT molecular complexity index is 358. The van der Waals surface area contributed by atoms with Gasteiger partial charge in [0.1, 0.15) is 11.3 Å². The molecule has 1 heterocycles. The number of halogens is 3. The van der Waals surface area contributed by atoms with Crippen LogP contribution >= 0.6 is 23.2 Å². The van der Waals surface area contributed by atoms with E-state index in [0.717, 1.165) is 0 Å². The fraction of sp³-hybridized carbons (Fsp3) is 0.556. The molecular weight excluding hydrogens is 242 g/mol.